The lowest BCUT2D eigenvalue weighted by molar-refractivity contribution is -0.0584. The lowest BCUT2D eigenvalue weighted by atomic mass is 10.0. The Balaban J connectivity index is 1.75. The molecule has 19 heavy (non-hydrogen) atoms. The summed E-state index contributed by atoms with van der Waals surface area (Å²) in [5.74, 6) is 1.00. The zero-order chi connectivity index (χ0) is 13.4. The van der Waals surface area contributed by atoms with Crippen LogP contribution < -0.4 is 5.73 Å². The average molecular weight is 267 g/mol. The van der Waals surface area contributed by atoms with Crippen molar-refractivity contribution < 1.29 is 14.4 Å². The Morgan fingerprint density at radius 2 is 2.26 bits per heavy atom. The smallest absolute Gasteiger partial charge is 0.344 e. The van der Waals surface area contributed by atoms with E-state index in [4.69, 9.17) is 10.2 Å². The first-order chi connectivity index (χ1) is 9.20. The Hall–Kier alpha value is -1.67. The molecule has 3 heterocycles. The molecule has 2 atom stereocenters. The van der Waals surface area contributed by atoms with Gasteiger partial charge in [0.15, 0.2) is 0 Å². The number of aryl methyl sites for hydroxylation is 1. The Kier molecular flexibility index (Phi) is 3.11. The molecule has 0 aromatic carbocycles. The number of piperidine rings is 1. The van der Waals surface area contributed by atoms with Gasteiger partial charge in [0.05, 0.1) is 6.04 Å². The van der Waals surface area contributed by atoms with Crippen molar-refractivity contribution in [2.45, 2.75) is 37.8 Å². The summed E-state index contributed by atoms with van der Waals surface area (Å²) in [6, 6.07) is -0.711. The monoisotopic (exact) mass is 267 g/mol. The molecule has 0 saturated carbocycles. The molecule has 8 heteroatoms. The predicted molar refractivity (Wildman–Crippen MR) is 63.2 cm³/mol. The number of hydroxylamine groups is 2. The summed E-state index contributed by atoms with van der Waals surface area (Å²) in [5.41, 5.74) is 5.43. The third-order valence-corrected chi connectivity index (χ3v) is 3.71. The summed E-state index contributed by atoms with van der Waals surface area (Å²) >= 11 is 0. The molecule has 0 unspecified atom stereocenters. The number of hydrogen-bond donors (Lipinski definition) is 2. The molecule has 3 N–H and O–H groups in total. The van der Waals surface area contributed by atoms with Gasteiger partial charge in [0.1, 0.15) is 6.04 Å². The van der Waals surface area contributed by atoms with E-state index in [1.807, 2.05) is 0 Å². The molecule has 1 aromatic rings. The number of nitrogens with zero attached hydrogens (tertiary/aromatic N) is 4. The van der Waals surface area contributed by atoms with Crippen LogP contribution >= 0.6 is 0 Å². The Bertz CT molecular complexity index is 477. The number of carbonyl (C=O) groups is 1. The minimum atomic E-state index is -0.380. The molecule has 8 nitrogen and oxygen atoms in total. The van der Waals surface area contributed by atoms with Crippen LogP contribution in [-0.2, 0) is 6.42 Å². The third kappa shape index (κ3) is 2.06. The van der Waals surface area contributed by atoms with Crippen LogP contribution in [0.4, 0.5) is 4.79 Å². The summed E-state index contributed by atoms with van der Waals surface area (Å²) in [6.45, 7) is 1.09. The Morgan fingerprint density at radius 1 is 1.42 bits per heavy atom. The van der Waals surface area contributed by atoms with Gasteiger partial charge in [0, 0.05) is 13.0 Å². The fourth-order valence-electron chi connectivity index (χ4n) is 2.66. The Morgan fingerprint density at radius 3 is 3.05 bits per heavy atom. The molecule has 2 aliphatic rings. The van der Waals surface area contributed by atoms with Gasteiger partial charge in [-0.05, 0) is 25.8 Å². The van der Waals surface area contributed by atoms with Gasteiger partial charge >= 0.3 is 6.03 Å². The van der Waals surface area contributed by atoms with Crippen molar-refractivity contribution in [3.63, 3.8) is 0 Å². The zero-order valence-electron chi connectivity index (χ0n) is 10.5. The number of carbonyl (C=O) groups excluding carboxylic acids is 1. The van der Waals surface area contributed by atoms with Gasteiger partial charge in [-0.15, -0.1) is 10.2 Å². The fraction of sp³-hybridized carbons (Fsp3) is 0.727. The highest BCUT2D eigenvalue weighted by Gasteiger charge is 2.46. The van der Waals surface area contributed by atoms with Crippen molar-refractivity contribution in [2.75, 3.05) is 13.1 Å². The van der Waals surface area contributed by atoms with Crippen molar-refractivity contribution >= 4 is 6.03 Å². The van der Waals surface area contributed by atoms with Crippen LogP contribution in [-0.4, -0.2) is 50.5 Å². The van der Waals surface area contributed by atoms with Crippen LogP contribution in [0.15, 0.2) is 4.42 Å². The van der Waals surface area contributed by atoms with Crippen LogP contribution in [0.1, 0.15) is 37.1 Å². The number of aromatic nitrogens is 2. The van der Waals surface area contributed by atoms with Crippen molar-refractivity contribution in [2.24, 2.45) is 5.73 Å². The molecule has 2 fully saturated rings. The van der Waals surface area contributed by atoms with Crippen LogP contribution in [0.3, 0.4) is 0 Å². The molecule has 3 rings (SSSR count). The van der Waals surface area contributed by atoms with E-state index >= 15 is 0 Å². The van der Waals surface area contributed by atoms with Crippen LogP contribution in [0.2, 0.25) is 0 Å². The lowest BCUT2D eigenvalue weighted by Gasteiger charge is -2.27. The van der Waals surface area contributed by atoms with E-state index in [9.17, 15) is 10.0 Å². The van der Waals surface area contributed by atoms with Crippen LogP contribution in [0.25, 0.3) is 0 Å². The molecule has 1 aromatic heterocycles. The highest BCUT2D eigenvalue weighted by atomic mass is 16.5. The first-order valence-corrected chi connectivity index (χ1v) is 6.51. The molecule has 0 radical (unpaired) electrons. The van der Waals surface area contributed by atoms with E-state index in [1.54, 1.807) is 4.90 Å². The van der Waals surface area contributed by atoms with E-state index < -0.39 is 0 Å². The quantitative estimate of drug-likeness (QED) is 0.759. The first kappa shape index (κ1) is 12.4. The van der Waals surface area contributed by atoms with Crippen molar-refractivity contribution in [1.29, 1.82) is 0 Å². The summed E-state index contributed by atoms with van der Waals surface area (Å²) in [4.78, 5) is 13.4. The number of hydrogen-bond acceptors (Lipinski definition) is 6. The maximum absolute atomic E-state index is 11.8. The zero-order valence-corrected chi connectivity index (χ0v) is 10.5. The molecule has 0 aliphatic carbocycles. The fourth-order valence-corrected chi connectivity index (χ4v) is 2.66. The van der Waals surface area contributed by atoms with Gasteiger partial charge in [0.25, 0.3) is 0 Å². The van der Waals surface area contributed by atoms with Crippen LogP contribution in [0, 0.1) is 0 Å². The maximum atomic E-state index is 11.8. The van der Waals surface area contributed by atoms with E-state index in [0.717, 1.165) is 24.3 Å². The highest BCUT2D eigenvalue weighted by Crippen LogP contribution is 2.36. The molecule has 2 aliphatic heterocycles. The molecule has 2 amide bonds. The number of nitrogens with two attached hydrogens (primary N) is 1. The van der Waals surface area contributed by atoms with Gasteiger partial charge < -0.3 is 15.1 Å². The number of rotatable bonds is 4. The summed E-state index contributed by atoms with van der Waals surface area (Å²) in [7, 11) is 0. The normalized spacial score (nSPS) is 26.3. The SMILES string of the molecule is NCCCc1nnc([C@@H]2CC[C@@H]3CN2C(=O)N3O)o1. The molecule has 104 valence electrons. The Labute approximate surface area is 110 Å². The van der Waals surface area contributed by atoms with Gasteiger partial charge in [-0.1, -0.05) is 0 Å². The van der Waals surface area contributed by atoms with E-state index in [0.29, 0.717) is 31.3 Å². The predicted octanol–water partition coefficient (Wildman–Crippen LogP) is 0.291. The first-order valence-electron chi connectivity index (χ1n) is 6.51. The molecule has 0 spiro atoms. The average Bonchev–Trinajstić information content (AvgIpc) is 2.98. The standard InChI is InChI=1S/C11H17N5O3/c12-5-1-2-9-13-14-10(19-9)8-4-3-7-6-15(8)11(17)16(7)18/h7-8,18H,1-6,12H2/t7-,8+/m1/s1. The lowest BCUT2D eigenvalue weighted by Crippen LogP contribution is -2.34. The number of amides is 2. The van der Waals surface area contributed by atoms with E-state index in [2.05, 4.69) is 10.2 Å². The largest absolute Gasteiger partial charge is 0.423 e. The second-order valence-electron chi connectivity index (χ2n) is 4.95. The minimum absolute atomic E-state index is 0.108. The van der Waals surface area contributed by atoms with E-state index in [-0.39, 0.29) is 18.1 Å². The van der Waals surface area contributed by atoms with Gasteiger partial charge in [-0.2, -0.15) is 0 Å². The number of urea groups is 1. The second kappa shape index (κ2) is 4.78. The van der Waals surface area contributed by atoms with Gasteiger partial charge in [-0.25, -0.2) is 9.86 Å². The van der Waals surface area contributed by atoms with Gasteiger partial charge in [0.2, 0.25) is 11.8 Å². The maximum Gasteiger partial charge on any atom is 0.344 e. The van der Waals surface area contributed by atoms with Crippen molar-refractivity contribution in [3.05, 3.63) is 11.8 Å². The van der Waals surface area contributed by atoms with Crippen molar-refractivity contribution in [3.8, 4) is 0 Å². The molecular weight excluding hydrogens is 250 g/mol. The summed E-state index contributed by atoms with van der Waals surface area (Å²) in [6.07, 6.45) is 2.91. The topological polar surface area (TPSA) is 109 Å². The highest BCUT2D eigenvalue weighted by molar-refractivity contribution is 5.76. The van der Waals surface area contributed by atoms with E-state index in [1.165, 1.54) is 0 Å². The molecular formula is C11H17N5O3. The summed E-state index contributed by atoms with van der Waals surface area (Å²) in [5, 5.41) is 18.4. The molecule has 2 bridgehead atoms. The van der Waals surface area contributed by atoms with Crippen molar-refractivity contribution in [1.82, 2.24) is 20.2 Å². The van der Waals surface area contributed by atoms with Gasteiger partial charge in [-0.3, -0.25) is 5.21 Å². The minimum Gasteiger partial charge on any atom is -0.423 e. The number of fused-ring (bicyclic) bond motifs is 2. The van der Waals surface area contributed by atoms with Crippen LogP contribution in [0.5, 0.6) is 0 Å². The third-order valence-electron chi connectivity index (χ3n) is 3.71. The summed E-state index contributed by atoms with van der Waals surface area (Å²) < 4.78 is 5.59. The molecule has 2 saturated heterocycles. The second-order valence-corrected chi connectivity index (χ2v) is 4.95.